The summed E-state index contributed by atoms with van der Waals surface area (Å²) in [5, 5.41) is 12.2. The van der Waals surface area contributed by atoms with Crippen LogP contribution in [-0.2, 0) is 4.79 Å². The Morgan fingerprint density at radius 2 is 2.21 bits per heavy atom. The van der Waals surface area contributed by atoms with E-state index in [0.717, 1.165) is 24.4 Å². The number of amides is 1. The molecule has 0 unspecified atom stereocenters. The van der Waals surface area contributed by atoms with Crippen LogP contribution in [0.5, 0.6) is 5.75 Å². The van der Waals surface area contributed by atoms with Crippen LogP contribution in [0.15, 0.2) is 24.3 Å². The molecular formula is C14H20N2O3. The Morgan fingerprint density at radius 3 is 2.79 bits per heavy atom. The largest absolute Gasteiger partial charge is 0.497 e. The Kier molecular flexibility index (Phi) is 4.76. The number of aliphatic hydroxyl groups is 1. The summed E-state index contributed by atoms with van der Waals surface area (Å²) in [6.07, 6.45) is 1.02. The molecule has 1 fully saturated rings. The molecule has 1 amide bonds. The smallest absolute Gasteiger partial charge is 0.225 e. The van der Waals surface area contributed by atoms with Crippen LogP contribution in [0.2, 0.25) is 0 Å². The van der Waals surface area contributed by atoms with Gasteiger partial charge in [0.25, 0.3) is 0 Å². The van der Waals surface area contributed by atoms with Crippen molar-refractivity contribution in [3.63, 3.8) is 0 Å². The number of hydrogen-bond acceptors (Lipinski definition) is 4. The Balaban J connectivity index is 1.74. The van der Waals surface area contributed by atoms with E-state index in [9.17, 15) is 9.90 Å². The number of aliphatic hydroxyl groups excluding tert-OH is 1. The Bertz CT molecular complexity index is 419. The van der Waals surface area contributed by atoms with Crippen molar-refractivity contribution in [1.82, 2.24) is 4.90 Å². The molecule has 1 atom stereocenters. The van der Waals surface area contributed by atoms with E-state index in [1.165, 1.54) is 0 Å². The summed E-state index contributed by atoms with van der Waals surface area (Å²) in [6.45, 7) is 2.24. The van der Waals surface area contributed by atoms with Gasteiger partial charge >= 0.3 is 0 Å². The number of ether oxygens (including phenoxy) is 1. The van der Waals surface area contributed by atoms with Crippen molar-refractivity contribution in [3.8, 4) is 5.75 Å². The van der Waals surface area contributed by atoms with Gasteiger partial charge in [0.15, 0.2) is 0 Å². The number of hydrogen-bond donors (Lipinski definition) is 2. The first-order valence-corrected chi connectivity index (χ1v) is 6.51. The van der Waals surface area contributed by atoms with Gasteiger partial charge < -0.3 is 20.1 Å². The second-order valence-electron chi connectivity index (χ2n) is 4.77. The lowest BCUT2D eigenvalue weighted by atomic mass is 10.3. The number of β-amino-alcohol motifs (C(OH)–C–C–N with tert-alkyl or cyclic N) is 1. The molecule has 0 bridgehead atoms. The maximum absolute atomic E-state index is 11.8. The summed E-state index contributed by atoms with van der Waals surface area (Å²) < 4.78 is 5.06. The maximum Gasteiger partial charge on any atom is 0.225 e. The zero-order valence-corrected chi connectivity index (χ0v) is 11.1. The molecule has 0 spiro atoms. The number of benzene rings is 1. The van der Waals surface area contributed by atoms with Gasteiger partial charge in [-0.1, -0.05) is 0 Å². The van der Waals surface area contributed by atoms with Crippen molar-refractivity contribution in [2.24, 2.45) is 0 Å². The highest BCUT2D eigenvalue weighted by Gasteiger charge is 2.20. The van der Waals surface area contributed by atoms with Crippen LogP contribution < -0.4 is 10.1 Å². The number of carbonyl (C=O) groups is 1. The number of nitrogens with one attached hydrogen (secondary N) is 1. The van der Waals surface area contributed by atoms with Gasteiger partial charge in [-0.05, 0) is 30.7 Å². The molecule has 1 saturated heterocycles. The molecule has 0 saturated carbocycles. The molecule has 2 rings (SSSR count). The van der Waals surface area contributed by atoms with Gasteiger partial charge in [-0.15, -0.1) is 0 Å². The standard InChI is InChI=1S/C14H20N2O3/c1-19-13-4-2-11(3-5-13)15-14(18)7-9-16-8-6-12(17)10-16/h2-5,12,17H,6-10H2,1H3,(H,15,18)/t12-/m1/s1. The van der Waals surface area contributed by atoms with Crippen LogP contribution in [-0.4, -0.2) is 48.8 Å². The fourth-order valence-electron chi connectivity index (χ4n) is 2.17. The Hall–Kier alpha value is -1.59. The third-order valence-electron chi connectivity index (χ3n) is 3.28. The van der Waals surface area contributed by atoms with E-state index in [1.54, 1.807) is 7.11 Å². The quantitative estimate of drug-likeness (QED) is 0.835. The lowest BCUT2D eigenvalue weighted by Gasteiger charge is -2.14. The number of methoxy groups -OCH3 is 1. The molecule has 104 valence electrons. The summed E-state index contributed by atoms with van der Waals surface area (Å²) in [5.74, 6) is 0.760. The normalized spacial score (nSPS) is 19.4. The van der Waals surface area contributed by atoms with E-state index in [1.807, 2.05) is 24.3 Å². The lowest BCUT2D eigenvalue weighted by molar-refractivity contribution is -0.116. The minimum absolute atomic E-state index is 0.00782. The van der Waals surface area contributed by atoms with Gasteiger partial charge in [-0.25, -0.2) is 0 Å². The first-order valence-electron chi connectivity index (χ1n) is 6.51. The summed E-state index contributed by atoms with van der Waals surface area (Å²) in [4.78, 5) is 13.9. The average Bonchev–Trinajstić information content (AvgIpc) is 2.83. The van der Waals surface area contributed by atoms with E-state index in [-0.39, 0.29) is 12.0 Å². The van der Waals surface area contributed by atoms with E-state index in [0.29, 0.717) is 19.5 Å². The molecular weight excluding hydrogens is 244 g/mol. The first kappa shape index (κ1) is 13.8. The highest BCUT2D eigenvalue weighted by Crippen LogP contribution is 2.15. The molecule has 19 heavy (non-hydrogen) atoms. The molecule has 0 radical (unpaired) electrons. The van der Waals surface area contributed by atoms with Gasteiger partial charge in [0.2, 0.25) is 5.91 Å². The van der Waals surface area contributed by atoms with E-state index < -0.39 is 0 Å². The number of nitrogens with zero attached hydrogens (tertiary/aromatic N) is 1. The zero-order valence-electron chi connectivity index (χ0n) is 11.1. The van der Waals surface area contributed by atoms with Crippen molar-refractivity contribution in [2.45, 2.75) is 18.9 Å². The van der Waals surface area contributed by atoms with Crippen molar-refractivity contribution in [2.75, 3.05) is 32.1 Å². The van der Waals surface area contributed by atoms with Crippen LogP contribution >= 0.6 is 0 Å². The molecule has 1 aromatic rings. The second-order valence-corrected chi connectivity index (χ2v) is 4.77. The Morgan fingerprint density at radius 1 is 1.47 bits per heavy atom. The molecule has 1 aliphatic heterocycles. The van der Waals surface area contributed by atoms with Crippen LogP contribution in [0, 0.1) is 0 Å². The lowest BCUT2D eigenvalue weighted by Crippen LogP contribution is -2.26. The number of rotatable bonds is 5. The summed E-state index contributed by atoms with van der Waals surface area (Å²) in [7, 11) is 1.61. The van der Waals surface area contributed by atoms with E-state index in [4.69, 9.17) is 4.74 Å². The molecule has 2 N–H and O–H groups in total. The molecule has 1 heterocycles. The molecule has 1 aromatic carbocycles. The van der Waals surface area contributed by atoms with E-state index >= 15 is 0 Å². The van der Waals surface area contributed by atoms with Crippen LogP contribution in [0.1, 0.15) is 12.8 Å². The topological polar surface area (TPSA) is 61.8 Å². The predicted octanol–water partition coefficient (Wildman–Crippen LogP) is 1.09. The number of anilines is 1. The van der Waals surface area contributed by atoms with Crippen LogP contribution in [0.4, 0.5) is 5.69 Å². The zero-order chi connectivity index (χ0) is 13.7. The van der Waals surface area contributed by atoms with Gasteiger partial charge in [0.1, 0.15) is 5.75 Å². The Labute approximate surface area is 113 Å². The van der Waals surface area contributed by atoms with Crippen molar-refractivity contribution < 1.29 is 14.6 Å². The molecule has 5 heteroatoms. The monoisotopic (exact) mass is 264 g/mol. The minimum Gasteiger partial charge on any atom is -0.497 e. The first-order chi connectivity index (χ1) is 9.17. The average molecular weight is 264 g/mol. The SMILES string of the molecule is COc1ccc(NC(=O)CCN2CC[C@@H](O)C2)cc1. The number of likely N-dealkylation sites (tertiary alicyclic amines) is 1. The predicted molar refractivity (Wildman–Crippen MR) is 73.3 cm³/mol. The van der Waals surface area contributed by atoms with Gasteiger partial charge in [-0.2, -0.15) is 0 Å². The van der Waals surface area contributed by atoms with Crippen molar-refractivity contribution >= 4 is 11.6 Å². The second kappa shape index (κ2) is 6.54. The summed E-state index contributed by atoms with van der Waals surface area (Å²) in [6, 6.07) is 7.26. The summed E-state index contributed by atoms with van der Waals surface area (Å²) in [5.41, 5.74) is 0.771. The highest BCUT2D eigenvalue weighted by atomic mass is 16.5. The fourth-order valence-corrected chi connectivity index (χ4v) is 2.17. The van der Waals surface area contributed by atoms with Gasteiger partial charge in [-0.3, -0.25) is 4.79 Å². The third kappa shape index (κ3) is 4.22. The van der Waals surface area contributed by atoms with Gasteiger partial charge in [0.05, 0.1) is 13.2 Å². The maximum atomic E-state index is 11.8. The highest BCUT2D eigenvalue weighted by molar-refractivity contribution is 5.90. The molecule has 1 aliphatic rings. The molecule has 0 aliphatic carbocycles. The van der Waals surface area contributed by atoms with Crippen molar-refractivity contribution in [3.05, 3.63) is 24.3 Å². The van der Waals surface area contributed by atoms with Crippen molar-refractivity contribution in [1.29, 1.82) is 0 Å². The summed E-state index contributed by atoms with van der Waals surface area (Å²) >= 11 is 0. The molecule has 5 nitrogen and oxygen atoms in total. The number of carbonyl (C=O) groups excluding carboxylic acids is 1. The molecule has 0 aromatic heterocycles. The fraction of sp³-hybridized carbons (Fsp3) is 0.500. The van der Waals surface area contributed by atoms with E-state index in [2.05, 4.69) is 10.2 Å². The van der Waals surface area contributed by atoms with Crippen LogP contribution in [0.25, 0.3) is 0 Å². The van der Waals surface area contributed by atoms with Crippen LogP contribution in [0.3, 0.4) is 0 Å². The van der Waals surface area contributed by atoms with Gasteiger partial charge in [0, 0.05) is 31.7 Å². The minimum atomic E-state index is -0.232. The third-order valence-corrected chi connectivity index (χ3v) is 3.28.